The van der Waals surface area contributed by atoms with E-state index < -0.39 is 0 Å². The van der Waals surface area contributed by atoms with E-state index in [1.807, 2.05) is 0 Å². The predicted octanol–water partition coefficient (Wildman–Crippen LogP) is 3.46. The minimum absolute atomic E-state index is 0.187. The maximum atomic E-state index is 4.24. The molecule has 2 unspecified atom stereocenters. The van der Waals surface area contributed by atoms with E-state index in [1.54, 1.807) is 0 Å². The quantitative estimate of drug-likeness (QED) is 0.610. The van der Waals surface area contributed by atoms with Crippen LogP contribution in [0.2, 0.25) is 0 Å². The molecule has 1 rings (SSSR count). The molecule has 0 saturated carbocycles. The highest BCUT2D eigenvalue weighted by Crippen LogP contribution is 2.39. The Kier molecular flexibility index (Phi) is 3.41. The molecule has 1 aliphatic heterocycles. The van der Waals surface area contributed by atoms with Gasteiger partial charge in [0.05, 0.1) is 0 Å². The van der Waals surface area contributed by atoms with Crippen molar-refractivity contribution >= 4 is 0 Å². The van der Waals surface area contributed by atoms with Gasteiger partial charge in [-0.25, -0.2) is 0 Å². The van der Waals surface area contributed by atoms with Crippen LogP contribution in [0.1, 0.15) is 47.0 Å². The second-order valence-corrected chi connectivity index (χ2v) is 5.12. The summed E-state index contributed by atoms with van der Waals surface area (Å²) in [5.41, 5.74) is 1.59. The van der Waals surface area contributed by atoms with Gasteiger partial charge in [0.15, 0.2) is 0 Å². The average molecular weight is 195 g/mol. The van der Waals surface area contributed by atoms with Crippen molar-refractivity contribution in [3.8, 4) is 0 Å². The number of hydrogen-bond acceptors (Lipinski definition) is 1. The molecule has 1 heteroatoms. The van der Waals surface area contributed by atoms with Crippen molar-refractivity contribution in [3.05, 3.63) is 12.2 Å². The molecule has 0 spiro atoms. The summed E-state index contributed by atoms with van der Waals surface area (Å²) in [6.07, 6.45) is 3.75. The first kappa shape index (κ1) is 11.8. The molecule has 1 saturated heterocycles. The molecule has 0 aromatic heterocycles. The third-order valence-electron chi connectivity index (χ3n) is 4.24. The number of nitrogens with zero attached hydrogens (tertiary/aromatic N) is 1. The van der Waals surface area contributed by atoms with Gasteiger partial charge in [-0.3, -0.25) is 4.90 Å². The first-order valence-corrected chi connectivity index (χ1v) is 5.86. The molecular weight excluding hydrogens is 170 g/mol. The zero-order valence-electron chi connectivity index (χ0n) is 10.4. The number of piperidine rings is 1. The Labute approximate surface area is 89.2 Å². The first-order chi connectivity index (χ1) is 6.45. The van der Waals surface area contributed by atoms with Gasteiger partial charge in [-0.05, 0) is 39.7 Å². The molecule has 14 heavy (non-hydrogen) atoms. The van der Waals surface area contributed by atoms with E-state index in [0.29, 0.717) is 0 Å². The van der Waals surface area contributed by atoms with Crippen molar-refractivity contribution in [2.45, 2.75) is 58.5 Å². The van der Waals surface area contributed by atoms with Crippen LogP contribution in [0.4, 0.5) is 0 Å². The highest BCUT2D eigenvalue weighted by Gasteiger charge is 2.39. The summed E-state index contributed by atoms with van der Waals surface area (Å²) in [7, 11) is 2.25. The minimum atomic E-state index is 0.187. The van der Waals surface area contributed by atoms with E-state index in [4.69, 9.17) is 0 Å². The van der Waals surface area contributed by atoms with Gasteiger partial charge >= 0.3 is 0 Å². The fourth-order valence-electron chi connectivity index (χ4n) is 2.71. The molecule has 2 atom stereocenters. The SMILES string of the molecule is C=C1CC(CC)C(CC)N(C)C1(C)C. The molecule has 0 aromatic rings. The Hall–Kier alpha value is -0.300. The Balaban J connectivity index is 2.89. The highest BCUT2D eigenvalue weighted by molar-refractivity contribution is 5.19. The zero-order valence-corrected chi connectivity index (χ0v) is 10.4. The monoisotopic (exact) mass is 195 g/mol. The largest absolute Gasteiger partial charge is 0.294 e. The van der Waals surface area contributed by atoms with E-state index in [9.17, 15) is 0 Å². The van der Waals surface area contributed by atoms with Crippen molar-refractivity contribution < 1.29 is 0 Å². The van der Waals surface area contributed by atoms with Crippen LogP contribution in [0, 0.1) is 5.92 Å². The Morgan fingerprint density at radius 2 is 1.93 bits per heavy atom. The summed E-state index contributed by atoms with van der Waals surface area (Å²) in [5.74, 6) is 0.811. The Bertz CT molecular complexity index is 217. The van der Waals surface area contributed by atoms with Gasteiger partial charge in [0.25, 0.3) is 0 Å². The normalized spacial score (nSPS) is 33.4. The molecule has 0 aliphatic carbocycles. The molecule has 1 nitrogen and oxygen atoms in total. The minimum Gasteiger partial charge on any atom is -0.294 e. The van der Waals surface area contributed by atoms with Crippen molar-refractivity contribution in [2.75, 3.05) is 7.05 Å². The second kappa shape index (κ2) is 4.06. The van der Waals surface area contributed by atoms with E-state index in [0.717, 1.165) is 12.0 Å². The van der Waals surface area contributed by atoms with Crippen LogP contribution in [0.25, 0.3) is 0 Å². The first-order valence-electron chi connectivity index (χ1n) is 5.86. The lowest BCUT2D eigenvalue weighted by Gasteiger charge is -2.50. The number of rotatable bonds is 2. The van der Waals surface area contributed by atoms with Gasteiger partial charge in [-0.1, -0.05) is 32.4 Å². The summed E-state index contributed by atoms with van der Waals surface area (Å²) in [5, 5.41) is 0. The molecule has 1 fully saturated rings. The highest BCUT2D eigenvalue weighted by atomic mass is 15.2. The lowest BCUT2D eigenvalue weighted by Crippen LogP contribution is -2.55. The molecule has 1 heterocycles. The Morgan fingerprint density at radius 1 is 1.36 bits per heavy atom. The maximum absolute atomic E-state index is 4.24. The van der Waals surface area contributed by atoms with E-state index in [2.05, 4.69) is 46.2 Å². The number of likely N-dealkylation sites (N-methyl/N-ethyl adjacent to an activating group) is 1. The van der Waals surface area contributed by atoms with Gasteiger partial charge in [0.2, 0.25) is 0 Å². The fourth-order valence-corrected chi connectivity index (χ4v) is 2.71. The molecule has 0 aromatic carbocycles. The lowest BCUT2D eigenvalue weighted by atomic mass is 9.75. The van der Waals surface area contributed by atoms with Crippen LogP contribution in [0.5, 0.6) is 0 Å². The molecule has 0 amide bonds. The molecule has 0 bridgehead atoms. The van der Waals surface area contributed by atoms with E-state index in [1.165, 1.54) is 24.8 Å². The molecule has 0 N–H and O–H groups in total. The van der Waals surface area contributed by atoms with E-state index in [-0.39, 0.29) is 5.54 Å². The van der Waals surface area contributed by atoms with Gasteiger partial charge < -0.3 is 0 Å². The van der Waals surface area contributed by atoms with Gasteiger partial charge in [0, 0.05) is 11.6 Å². The van der Waals surface area contributed by atoms with Crippen LogP contribution in [-0.4, -0.2) is 23.5 Å². The lowest BCUT2D eigenvalue weighted by molar-refractivity contribution is 0.0491. The molecule has 82 valence electrons. The summed E-state index contributed by atoms with van der Waals surface area (Å²) in [6, 6.07) is 0.737. The smallest absolute Gasteiger partial charge is 0.0361 e. The van der Waals surface area contributed by atoms with Crippen molar-refractivity contribution in [3.63, 3.8) is 0 Å². The van der Waals surface area contributed by atoms with Gasteiger partial charge in [-0.15, -0.1) is 0 Å². The van der Waals surface area contributed by atoms with Crippen LogP contribution in [0.3, 0.4) is 0 Å². The summed E-state index contributed by atoms with van der Waals surface area (Å²) < 4.78 is 0. The summed E-state index contributed by atoms with van der Waals surface area (Å²) in [4.78, 5) is 2.52. The number of likely N-dealkylation sites (tertiary alicyclic amines) is 1. The van der Waals surface area contributed by atoms with Crippen LogP contribution >= 0.6 is 0 Å². The van der Waals surface area contributed by atoms with Crippen LogP contribution in [0.15, 0.2) is 12.2 Å². The molecule has 0 radical (unpaired) electrons. The third kappa shape index (κ3) is 1.75. The van der Waals surface area contributed by atoms with Crippen LogP contribution < -0.4 is 0 Å². The topological polar surface area (TPSA) is 3.24 Å². The van der Waals surface area contributed by atoms with Crippen molar-refractivity contribution in [2.24, 2.45) is 5.92 Å². The number of hydrogen-bond donors (Lipinski definition) is 0. The van der Waals surface area contributed by atoms with Gasteiger partial charge in [-0.2, -0.15) is 0 Å². The molecule has 1 aliphatic rings. The summed E-state index contributed by atoms with van der Waals surface area (Å²) >= 11 is 0. The predicted molar refractivity (Wildman–Crippen MR) is 63.5 cm³/mol. The van der Waals surface area contributed by atoms with Crippen LogP contribution in [-0.2, 0) is 0 Å². The second-order valence-electron chi connectivity index (χ2n) is 5.12. The van der Waals surface area contributed by atoms with E-state index >= 15 is 0 Å². The van der Waals surface area contributed by atoms with Gasteiger partial charge in [0.1, 0.15) is 0 Å². The summed E-state index contributed by atoms with van der Waals surface area (Å²) in [6.45, 7) is 13.4. The molecular formula is C13H25N. The van der Waals surface area contributed by atoms with Crippen molar-refractivity contribution in [1.82, 2.24) is 4.90 Å². The average Bonchev–Trinajstić information content (AvgIpc) is 2.14. The van der Waals surface area contributed by atoms with Crippen molar-refractivity contribution in [1.29, 1.82) is 0 Å². The third-order valence-corrected chi connectivity index (χ3v) is 4.24. The Morgan fingerprint density at radius 3 is 2.36 bits per heavy atom. The standard InChI is InChI=1S/C13H25N/c1-7-11-9-10(3)13(4,5)14(6)12(11)8-2/h11-12H,3,7-9H2,1-2,4-6H3. The fraction of sp³-hybridized carbons (Fsp3) is 0.846. The maximum Gasteiger partial charge on any atom is 0.0361 e. The zero-order chi connectivity index (χ0) is 10.9.